The molecule has 0 spiro atoms. The van der Waals surface area contributed by atoms with E-state index in [0.717, 1.165) is 16.1 Å². The maximum absolute atomic E-state index is 13.3. The van der Waals surface area contributed by atoms with Gasteiger partial charge in [-0.2, -0.15) is 4.98 Å². The van der Waals surface area contributed by atoms with Crippen molar-refractivity contribution in [2.45, 2.75) is 6.04 Å². The Bertz CT molecular complexity index is 1190. The van der Waals surface area contributed by atoms with Gasteiger partial charge in [0, 0.05) is 21.8 Å². The van der Waals surface area contributed by atoms with E-state index in [1.165, 1.54) is 0 Å². The van der Waals surface area contributed by atoms with Crippen LogP contribution >= 0.6 is 11.3 Å². The number of fused-ring (bicyclic) bond motifs is 1. The lowest BCUT2D eigenvalue weighted by atomic mass is 9.92. The SMILES string of the molecule is C=C1Nc2nc(-c3ccccc3)nn2C(c2cccs2)C1C(=O)Nc1ccccc1. The number of amides is 1. The lowest BCUT2D eigenvalue weighted by Gasteiger charge is -2.32. The topological polar surface area (TPSA) is 71.8 Å². The molecular weight excluding hydrogens is 394 g/mol. The summed E-state index contributed by atoms with van der Waals surface area (Å²) in [7, 11) is 0. The number of nitrogens with one attached hydrogen (secondary N) is 2. The maximum Gasteiger partial charge on any atom is 0.235 e. The molecule has 0 fully saturated rings. The van der Waals surface area contributed by atoms with Gasteiger partial charge in [-0.15, -0.1) is 16.4 Å². The van der Waals surface area contributed by atoms with E-state index in [2.05, 4.69) is 22.2 Å². The smallest absolute Gasteiger partial charge is 0.235 e. The first-order valence-electron chi connectivity index (χ1n) is 9.58. The van der Waals surface area contributed by atoms with Crippen molar-refractivity contribution in [2.75, 3.05) is 10.6 Å². The van der Waals surface area contributed by atoms with Crippen LogP contribution in [-0.4, -0.2) is 20.7 Å². The van der Waals surface area contributed by atoms with Gasteiger partial charge < -0.3 is 10.6 Å². The van der Waals surface area contributed by atoms with Crippen LogP contribution in [0.1, 0.15) is 10.9 Å². The number of carbonyl (C=O) groups is 1. The van der Waals surface area contributed by atoms with Crippen LogP contribution < -0.4 is 10.6 Å². The minimum atomic E-state index is -0.540. The average Bonchev–Trinajstić information content (AvgIpc) is 3.44. The number of nitrogens with zero attached hydrogens (tertiary/aromatic N) is 3. The van der Waals surface area contributed by atoms with Gasteiger partial charge in [0.2, 0.25) is 11.9 Å². The molecular formula is C23H19N5OS. The quantitative estimate of drug-likeness (QED) is 0.505. The van der Waals surface area contributed by atoms with Gasteiger partial charge in [-0.05, 0) is 23.6 Å². The fourth-order valence-electron chi connectivity index (χ4n) is 3.65. The molecule has 0 radical (unpaired) electrons. The second kappa shape index (κ2) is 7.61. The molecule has 1 amide bonds. The molecule has 0 aliphatic carbocycles. The highest BCUT2D eigenvalue weighted by Gasteiger charge is 2.40. The molecule has 0 bridgehead atoms. The molecule has 6 nitrogen and oxygen atoms in total. The van der Waals surface area contributed by atoms with Crippen molar-refractivity contribution in [3.63, 3.8) is 0 Å². The molecule has 2 aromatic heterocycles. The summed E-state index contributed by atoms with van der Waals surface area (Å²) >= 11 is 1.59. The summed E-state index contributed by atoms with van der Waals surface area (Å²) in [5, 5.41) is 13.0. The fourth-order valence-corrected chi connectivity index (χ4v) is 4.50. The van der Waals surface area contributed by atoms with Gasteiger partial charge in [0.15, 0.2) is 5.82 Å². The lowest BCUT2D eigenvalue weighted by Crippen LogP contribution is -2.39. The molecule has 5 rings (SSSR count). The van der Waals surface area contributed by atoms with Crippen molar-refractivity contribution in [2.24, 2.45) is 5.92 Å². The summed E-state index contributed by atoms with van der Waals surface area (Å²) < 4.78 is 1.80. The van der Waals surface area contributed by atoms with Crippen LogP contribution in [0.4, 0.5) is 11.6 Å². The molecule has 2 aromatic carbocycles. The first kappa shape index (κ1) is 18.3. The molecule has 7 heteroatoms. The summed E-state index contributed by atoms with van der Waals surface area (Å²) in [6, 6.07) is 22.9. The van der Waals surface area contributed by atoms with Crippen LogP contribution in [0.5, 0.6) is 0 Å². The minimum Gasteiger partial charge on any atom is -0.328 e. The number of carbonyl (C=O) groups excluding carboxylic acids is 1. The molecule has 2 atom stereocenters. The molecule has 4 aromatic rings. The van der Waals surface area contributed by atoms with E-state index in [9.17, 15) is 4.79 Å². The summed E-state index contributed by atoms with van der Waals surface area (Å²) in [6.45, 7) is 4.15. The Balaban J connectivity index is 1.56. The van der Waals surface area contributed by atoms with Gasteiger partial charge in [-0.25, -0.2) is 4.68 Å². The van der Waals surface area contributed by atoms with Crippen LogP contribution in [0.3, 0.4) is 0 Å². The zero-order valence-electron chi connectivity index (χ0n) is 16.0. The largest absolute Gasteiger partial charge is 0.328 e. The number of para-hydroxylation sites is 1. The Hall–Kier alpha value is -3.71. The Labute approximate surface area is 177 Å². The van der Waals surface area contributed by atoms with Gasteiger partial charge >= 0.3 is 0 Å². The highest BCUT2D eigenvalue weighted by molar-refractivity contribution is 7.10. The average molecular weight is 414 g/mol. The van der Waals surface area contributed by atoms with Gasteiger partial charge in [0.05, 0.1) is 0 Å². The highest BCUT2D eigenvalue weighted by atomic mass is 32.1. The zero-order valence-corrected chi connectivity index (χ0v) is 16.8. The van der Waals surface area contributed by atoms with Gasteiger partial charge in [0.1, 0.15) is 12.0 Å². The molecule has 3 heterocycles. The number of hydrogen-bond acceptors (Lipinski definition) is 5. The Morgan fingerprint density at radius 2 is 1.77 bits per heavy atom. The van der Waals surface area contributed by atoms with E-state index in [1.54, 1.807) is 16.0 Å². The van der Waals surface area contributed by atoms with Crippen molar-refractivity contribution in [3.05, 3.63) is 95.3 Å². The molecule has 1 aliphatic rings. The molecule has 2 N–H and O–H groups in total. The molecule has 0 saturated heterocycles. The molecule has 1 aliphatic heterocycles. The van der Waals surface area contributed by atoms with E-state index in [0.29, 0.717) is 17.5 Å². The Morgan fingerprint density at radius 3 is 2.47 bits per heavy atom. The van der Waals surface area contributed by atoms with Crippen molar-refractivity contribution in [1.82, 2.24) is 14.8 Å². The number of thiophene rings is 1. The second-order valence-electron chi connectivity index (χ2n) is 7.01. The Kier molecular flexibility index (Phi) is 4.65. The summed E-state index contributed by atoms with van der Waals surface area (Å²) in [5.41, 5.74) is 2.26. The monoisotopic (exact) mass is 413 g/mol. The molecule has 148 valence electrons. The summed E-state index contributed by atoms with van der Waals surface area (Å²) in [5.74, 6) is 0.513. The van der Waals surface area contributed by atoms with Crippen molar-refractivity contribution >= 4 is 28.9 Å². The van der Waals surface area contributed by atoms with Crippen LogP contribution in [0.15, 0.2) is 90.5 Å². The van der Waals surface area contributed by atoms with Gasteiger partial charge in [0.25, 0.3) is 0 Å². The predicted octanol–water partition coefficient (Wildman–Crippen LogP) is 4.79. The summed E-state index contributed by atoms with van der Waals surface area (Å²) in [6.07, 6.45) is 0. The highest BCUT2D eigenvalue weighted by Crippen LogP contribution is 2.40. The van der Waals surface area contributed by atoms with E-state index < -0.39 is 5.92 Å². The van der Waals surface area contributed by atoms with Crippen LogP contribution in [0.25, 0.3) is 11.4 Å². The van der Waals surface area contributed by atoms with Gasteiger partial charge in [-0.3, -0.25) is 4.79 Å². The minimum absolute atomic E-state index is 0.139. The number of rotatable bonds is 4. The van der Waals surface area contributed by atoms with Crippen molar-refractivity contribution < 1.29 is 4.79 Å². The maximum atomic E-state index is 13.3. The van der Waals surface area contributed by atoms with Crippen LogP contribution in [-0.2, 0) is 4.79 Å². The third kappa shape index (κ3) is 3.29. The molecule has 0 saturated carbocycles. The Morgan fingerprint density at radius 1 is 1.03 bits per heavy atom. The molecule has 2 unspecified atom stereocenters. The van der Waals surface area contributed by atoms with Gasteiger partial charge in [-0.1, -0.05) is 61.2 Å². The summed E-state index contributed by atoms with van der Waals surface area (Å²) in [4.78, 5) is 19.0. The third-order valence-corrected chi connectivity index (χ3v) is 5.99. The number of anilines is 2. The first-order valence-corrected chi connectivity index (χ1v) is 10.5. The predicted molar refractivity (Wildman–Crippen MR) is 119 cm³/mol. The standard InChI is InChI=1S/C23H19N5OS/c1-15-19(22(29)25-17-11-6-3-7-12-17)20(18-13-8-14-30-18)28-23(24-15)26-21(27-28)16-9-4-2-5-10-16/h2-14,19-20H,1H2,(H,25,29)(H,24,26,27). The second-order valence-corrected chi connectivity index (χ2v) is 7.99. The van der Waals surface area contributed by atoms with E-state index in [-0.39, 0.29) is 11.9 Å². The third-order valence-electron chi connectivity index (χ3n) is 5.05. The number of hydrogen-bond donors (Lipinski definition) is 2. The molecule has 30 heavy (non-hydrogen) atoms. The van der Waals surface area contributed by atoms with Crippen molar-refractivity contribution in [1.29, 1.82) is 0 Å². The number of aromatic nitrogens is 3. The van der Waals surface area contributed by atoms with E-state index in [1.807, 2.05) is 78.2 Å². The normalized spacial score (nSPS) is 17.8. The van der Waals surface area contributed by atoms with E-state index in [4.69, 9.17) is 5.10 Å². The van der Waals surface area contributed by atoms with Crippen LogP contribution in [0.2, 0.25) is 0 Å². The number of benzene rings is 2. The first-order chi connectivity index (χ1) is 14.7. The van der Waals surface area contributed by atoms with Crippen LogP contribution in [0, 0.1) is 5.92 Å². The van der Waals surface area contributed by atoms with E-state index >= 15 is 0 Å². The zero-order chi connectivity index (χ0) is 20.5. The lowest BCUT2D eigenvalue weighted by molar-refractivity contribution is -0.119. The van der Waals surface area contributed by atoms with Crippen molar-refractivity contribution in [3.8, 4) is 11.4 Å². The fraction of sp³-hybridized carbons (Fsp3) is 0.0870.